The Labute approximate surface area is 193 Å². The molecule has 3 heterocycles. The second-order valence-corrected chi connectivity index (χ2v) is 12.5. The fourth-order valence-corrected chi connectivity index (χ4v) is 7.47. The van der Waals surface area contributed by atoms with Crippen molar-refractivity contribution in [3.8, 4) is 10.6 Å². The normalized spacial score (nSPS) is 16.5. The lowest BCUT2D eigenvalue weighted by molar-refractivity contribution is -0.145. The summed E-state index contributed by atoms with van der Waals surface area (Å²) in [7, 11) is -2.57. The van der Waals surface area contributed by atoms with Crippen molar-refractivity contribution in [3.63, 3.8) is 0 Å². The molecule has 0 unspecified atom stereocenters. The van der Waals surface area contributed by atoms with Crippen LogP contribution in [0.25, 0.3) is 10.6 Å². The van der Waals surface area contributed by atoms with E-state index in [9.17, 15) is 22.5 Å². The highest BCUT2D eigenvalue weighted by molar-refractivity contribution is 7.71. The van der Waals surface area contributed by atoms with Gasteiger partial charge < -0.3 is 9.88 Å². The maximum atomic E-state index is 13.5. The molecule has 33 heavy (non-hydrogen) atoms. The van der Waals surface area contributed by atoms with Gasteiger partial charge in [-0.05, 0) is 44.9 Å². The molecule has 4 rings (SSSR count). The van der Waals surface area contributed by atoms with Crippen molar-refractivity contribution < 1.29 is 22.5 Å². The van der Waals surface area contributed by atoms with Gasteiger partial charge in [0.2, 0.25) is 5.82 Å². The molecule has 0 radical (unpaired) electrons. The van der Waals surface area contributed by atoms with Gasteiger partial charge in [-0.15, -0.1) is 11.3 Å². The molecule has 174 valence electrons. The number of thiazole rings is 1. The Hall–Kier alpha value is -2.58. The summed E-state index contributed by atoms with van der Waals surface area (Å²) < 4.78 is 51.6. The van der Waals surface area contributed by atoms with Crippen LogP contribution in [-0.4, -0.2) is 33.2 Å². The maximum Gasteiger partial charge on any atom is 0.451 e. The minimum Gasteiger partial charge on any atom is -0.345 e. The lowest BCUT2D eigenvalue weighted by Gasteiger charge is -2.17. The van der Waals surface area contributed by atoms with E-state index in [4.69, 9.17) is 0 Å². The highest BCUT2D eigenvalue weighted by atomic mass is 32.1. The zero-order valence-electron chi connectivity index (χ0n) is 18.0. The molecule has 1 aliphatic heterocycles. The number of carbonyl (C=O) groups excluding carboxylic acids is 1. The Morgan fingerprint density at radius 2 is 1.76 bits per heavy atom. The number of hydrogen-bond donors (Lipinski definition) is 1. The molecule has 2 aromatic heterocycles. The van der Waals surface area contributed by atoms with E-state index < -0.39 is 31.1 Å². The number of hydrogen-bond acceptors (Lipinski definition) is 6. The van der Waals surface area contributed by atoms with Gasteiger partial charge in [-0.1, -0.05) is 0 Å². The number of benzene rings is 1. The van der Waals surface area contributed by atoms with E-state index in [-0.39, 0.29) is 0 Å². The first-order valence-electron chi connectivity index (χ1n) is 10.4. The minimum absolute atomic E-state index is 0.331. The van der Waals surface area contributed by atoms with Crippen LogP contribution in [0.5, 0.6) is 0 Å². The van der Waals surface area contributed by atoms with E-state index in [1.54, 1.807) is 25.3 Å². The first-order valence-corrected chi connectivity index (χ1v) is 13.3. The Morgan fingerprint density at radius 3 is 2.33 bits per heavy atom. The quantitative estimate of drug-likeness (QED) is 0.493. The average Bonchev–Trinajstić information content (AvgIpc) is 3.42. The van der Waals surface area contributed by atoms with E-state index in [0.29, 0.717) is 28.8 Å². The number of nitrogens with zero attached hydrogens (tertiary/aromatic N) is 3. The molecule has 11 heteroatoms. The molecule has 1 saturated heterocycles. The van der Waals surface area contributed by atoms with Crippen molar-refractivity contribution in [1.29, 1.82) is 0 Å². The number of rotatable bonds is 5. The van der Waals surface area contributed by atoms with Crippen molar-refractivity contribution in [2.45, 2.75) is 38.9 Å². The average molecular weight is 494 g/mol. The summed E-state index contributed by atoms with van der Waals surface area (Å²) in [6.07, 6.45) is 2.25. The summed E-state index contributed by atoms with van der Waals surface area (Å²) in [5.74, 6) is -1.66. The third kappa shape index (κ3) is 5.17. The molecule has 1 aromatic carbocycles. The fraction of sp³-hybridized carbons (Fsp3) is 0.364. The van der Waals surface area contributed by atoms with Gasteiger partial charge in [0.15, 0.2) is 0 Å². The number of alkyl halides is 3. The highest BCUT2D eigenvalue weighted by Crippen LogP contribution is 2.51. The molecule has 6 nitrogen and oxygen atoms in total. The smallest absolute Gasteiger partial charge is 0.345 e. The molecule has 0 aliphatic carbocycles. The van der Waals surface area contributed by atoms with Crippen molar-refractivity contribution in [1.82, 2.24) is 20.3 Å². The van der Waals surface area contributed by atoms with Crippen molar-refractivity contribution in [2.75, 3.05) is 12.3 Å². The van der Waals surface area contributed by atoms with Gasteiger partial charge in [0.05, 0.1) is 6.04 Å². The Balaban J connectivity index is 1.63. The Bertz CT molecular complexity index is 1220. The monoisotopic (exact) mass is 494 g/mol. The second-order valence-electron chi connectivity index (χ2n) is 8.12. The number of carbonyl (C=O) groups is 1. The predicted octanol–water partition coefficient (Wildman–Crippen LogP) is 5.20. The molecule has 1 atom stereocenters. The molecule has 0 spiro atoms. The topological polar surface area (TPSA) is 84.8 Å². The van der Waals surface area contributed by atoms with Crippen LogP contribution < -0.4 is 10.6 Å². The molecular weight excluding hydrogens is 472 g/mol. The van der Waals surface area contributed by atoms with E-state index in [2.05, 4.69) is 20.3 Å². The van der Waals surface area contributed by atoms with Gasteiger partial charge in [0, 0.05) is 57.8 Å². The largest absolute Gasteiger partial charge is 0.451 e. The Kier molecular flexibility index (Phi) is 6.42. The lowest BCUT2D eigenvalue weighted by atomic mass is 10.1. The Morgan fingerprint density at radius 1 is 1.09 bits per heavy atom. The first kappa shape index (κ1) is 23.6. The summed E-state index contributed by atoms with van der Waals surface area (Å²) in [5.41, 5.74) is 1.40. The molecule has 0 saturated carbocycles. The van der Waals surface area contributed by atoms with Crippen LogP contribution in [0, 0.1) is 6.92 Å². The molecular formula is C22H22F3N4O2PS. The summed E-state index contributed by atoms with van der Waals surface area (Å²) in [4.78, 5) is 25.2. The standard InChI is InChI=1S/C22H22F3N4O2PS/c1-13-10-26-20(33-13)16-7-15(8-18(9-16)32(31)5-3-4-6-32)19(30)29-14(2)17-11-27-21(28-12-17)22(23,24)25/h7-12,14H,3-6H2,1-2H3,(H,29,30)/t14-/m1/s1. The third-order valence-electron chi connectivity index (χ3n) is 5.58. The van der Waals surface area contributed by atoms with Gasteiger partial charge in [-0.2, -0.15) is 13.2 Å². The number of aromatic nitrogens is 3. The zero-order chi connectivity index (χ0) is 23.8. The van der Waals surface area contributed by atoms with Crippen LogP contribution in [0.15, 0.2) is 36.8 Å². The van der Waals surface area contributed by atoms with Gasteiger partial charge in [0.1, 0.15) is 12.1 Å². The van der Waals surface area contributed by atoms with Crippen molar-refractivity contribution in [2.24, 2.45) is 0 Å². The SMILES string of the molecule is Cc1cnc(-c2cc(C(=O)N[C@H](C)c3cnc(C(F)(F)F)nc3)cc(P3(=O)CCCC3)c2)s1. The number of amides is 1. The second kappa shape index (κ2) is 8.99. The zero-order valence-corrected chi connectivity index (χ0v) is 19.7. The van der Waals surface area contributed by atoms with Gasteiger partial charge >= 0.3 is 6.18 Å². The first-order chi connectivity index (χ1) is 15.5. The summed E-state index contributed by atoms with van der Waals surface area (Å²) in [6.45, 7) is 3.57. The van der Waals surface area contributed by atoms with E-state index in [1.165, 1.54) is 11.3 Å². The van der Waals surface area contributed by atoms with E-state index >= 15 is 0 Å². The molecule has 1 aliphatic rings. The van der Waals surface area contributed by atoms with Crippen LogP contribution in [0.4, 0.5) is 13.2 Å². The van der Waals surface area contributed by atoms with Gasteiger partial charge in [0.25, 0.3) is 5.91 Å². The summed E-state index contributed by atoms with van der Waals surface area (Å²) >= 11 is 1.48. The van der Waals surface area contributed by atoms with Gasteiger partial charge in [-0.25, -0.2) is 15.0 Å². The van der Waals surface area contributed by atoms with Crippen LogP contribution in [0.2, 0.25) is 0 Å². The summed E-state index contributed by atoms with van der Waals surface area (Å²) in [5, 5.41) is 4.18. The minimum atomic E-state index is -4.63. The fourth-order valence-electron chi connectivity index (χ4n) is 3.76. The maximum absolute atomic E-state index is 13.5. The molecule has 1 fully saturated rings. The number of halogens is 3. The number of aryl methyl sites for hydroxylation is 1. The molecule has 1 N–H and O–H groups in total. The predicted molar refractivity (Wildman–Crippen MR) is 121 cm³/mol. The van der Waals surface area contributed by atoms with E-state index in [1.807, 2.05) is 13.0 Å². The van der Waals surface area contributed by atoms with Gasteiger partial charge in [-0.3, -0.25) is 4.79 Å². The lowest BCUT2D eigenvalue weighted by Crippen LogP contribution is -2.28. The van der Waals surface area contributed by atoms with Crippen LogP contribution in [0.1, 0.15) is 52.4 Å². The highest BCUT2D eigenvalue weighted by Gasteiger charge is 2.34. The summed E-state index contributed by atoms with van der Waals surface area (Å²) in [6, 6.07) is 4.61. The molecule has 3 aromatic rings. The molecule has 0 bridgehead atoms. The van der Waals surface area contributed by atoms with E-state index in [0.717, 1.165) is 40.7 Å². The number of nitrogens with one attached hydrogen (secondary N) is 1. The third-order valence-corrected chi connectivity index (χ3v) is 9.82. The molecule has 1 amide bonds. The van der Waals surface area contributed by atoms with Crippen LogP contribution >= 0.6 is 18.5 Å². The van der Waals surface area contributed by atoms with Crippen molar-refractivity contribution in [3.05, 3.63) is 58.6 Å². The van der Waals surface area contributed by atoms with Crippen molar-refractivity contribution >= 4 is 29.7 Å². The van der Waals surface area contributed by atoms with Crippen LogP contribution in [-0.2, 0) is 10.7 Å². The van der Waals surface area contributed by atoms with Crippen LogP contribution in [0.3, 0.4) is 0 Å².